The van der Waals surface area contributed by atoms with Crippen molar-refractivity contribution in [1.82, 2.24) is 10.6 Å². The number of nitrogens with one attached hydrogen (secondary N) is 2. The lowest BCUT2D eigenvalue weighted by molar-refractivity contribution is -0.385. The van der Waals surface area contributed by atoms with E-state index >= 15 is 0 Å². The van der Waals surface area contributed by atoms with E-state index in [1.54, 1.807) is 6.92 Å². The van der Waals surface area contributed by atoms with Crippen LogP contribution in [-0.2, 0) is 0 Å². The highest BCUT2D eigenvalue weighted by atomic mass is 35.5. The number of benzene rings is 2. The van der Waals surface area contributed by atoms with Gasteiger partial charge in [-0.15, -0.1) is 12.4 Å². The molecule has 2 unspecified atom stereocenters. The molecule has 150 valence electrons. The number of halogens is 3. The highest BCUT2D eigenvalue weighted by Gasteiger charge is 2.29. The van der Waals surface area contributed by atoms with Gasteiger partial charge in [0.25, 0.3) is 11.6 Å². The second-order valence-electron chi connectivity index (χ2n) is 6.61. The van der Waals surface area contributed by atoms with Gasteiger partial charge in [0.2, 0.25) is 0 Å². The van der Waals surface area contributed by atoms with Gasteiger partial charge >= 0.3 is 0 Å². The zero-order chi connectivity index (χ0) is 19.6. The summed E-state index contributed by atoms with van der Waals surface area (Å²) >= 11 is 0. The van der Waals surface area contributed by atoms with Gasteiger partial charge in [0.05, 0.1) is 4.92 Å². The third-order valence-corrected chi connectivity index (χ3v) is 4.84. The minimum atomic E-state index is -0.926. The quantitative estimate of drug-likeness (QED) is 0.596. The SMILES string of the molecule is Cc1ccc(C(=O)NC2CNCCC2c2ccc(F)c(F)c2)cc1[N+](=O)[O-].Cl. The second kappa shape index (κ2) is 9.07. The number of carbonyl (C=O) groups is 1. The molecule has 2 aromatic rings. The minimum absolute atomic E-state index is 0. The maximum absolute atomic E-state index is 13.6. The molecule has 0 aromatic heterocycles. The summed E-state index contributed by atoms with van der Waals surface area (Å²) in [5.74, 6) is -2.48. The predicted molar refractivity (Wildman–Crippen MR) is 103 cm³/mol. The molecular formula is C19H20ClF2N3O3. The van der Waals surface area contributed by atoms with Crippen LogP contribution >= 0.6 is 12.4 Å². The van der Waals surface area contributed by atoms with Crippen LogP contribution in [-0.4, -0.2) is 30.0 Å². The first kappa shape index (κ1) is 21.7. The van der Waals surface area contributed by atoms with Crippen molar-refractivity contribution in [2.75, 3.05) is 13.1 Å². The topological polar surface area (TPSA) is 84.3 Å². The number of hydrogen-bond donors (Lipinski definition) is 2. The number of nitro groups is 1. The van der Waals surface area contributed by atoms with Crippen LogP contribution < -0.4 is 10.6 Å². The Morgan fingerprint density at radius 1 is 1.21 bits per heavy atom. The summed E-state index contributed by atoms with van der Waals surface area (Å²) in [6, 6.07) is 7.70. The zero-order valence-electron chi connectivity index (χ0n) is 15.1. The molecule has 0 spiro atoms. The van der Waals surface area contributed by atoms with Crippen molar-refractivity contribution in [2.24, 2.45) is 0 Å². The van der Waals surface area contributed by atoms with Crippen molar-refractivity contribution in [2.45, 2.75) is 25.3 Å². The first-order valence-corrected chi connectivity index (χ1v) is 8.58. The Hall–Kier alpha value is -2.58. The van der Waals surface area contributed by atoms with E-state index in [1.165, 1.54) is 24.3 Å². The maximum Gasteiger partial charge on any atom is 0.273 e. The zero-order valence-corrected chi connectivity index (χ0v) is 15.9. The van der Waals surface area contributed by atoms with E-state index in [2.05, 4.69) is 10.6 Å². The van der Waals surface area contributed by atoms with Crippen molar-refractivity contribution in [3.63, 3.8) is 0 Å². The summed E-state index contributed by atoms with van der Waals surface area (Å²) in [7, 11) is 0. The molecule has 2 N–H and O–H groups in total. The third kappa shape index (κ3) is 4.63. The van der Waals surface area contributed by atoms with Crippen molar-refractivity contribution in [3.05, 3.63) is 74.8 Å². The third-order valence-electron chi connectivity index (χ3n) is 4.84. The van der Waals surface area contributed by atoms with Crippen LogP contribution in [0.25, 0.3) is 0 Å². The fourth-order valence-corrected chi connectivity index (χ4v) is 3.35. The number of rotatable bonds is 4. The summed E-state index contributed by atoms with van der Waals surface area (Å²) in [5.41, 5.74) is 1.13. The minimum Gasteiger partial charge on any atom is -0.347 e. The van der Waals surface area contributed by atoms with Crippen LogP contribution in [0.15, 0.2) is 36.4 Å². The van der Waals surface area contributed by atoms with Gasteiger partial charge in [0.15, 0.2) is 11.6 Å². The van der Waals surface area contributed by atoms with E-state index in [-0.39, 0.29) is 35.6 Å². The summed E-state index contributed by atoms with van der Waals surface area (Å²) in [5, 5.41) is 17.1. The number of hydrogen-bond acceptors (Lipinski definition) is 4. The Kier molecular flexibility index (Phi) is 7.04. The number of nitro benzene ring substituents is 1. The molecule has 2 atom stereocenters. The Balaban J connectivity index is 0.00000280. The first-order chi connectivity index (χ1) is 12.9. The molecule has 1 saturated heterocycles. The van der Waals surface area contributed by atoms with E-state index in [0.29, 0.717) is 30.6 Å². The molecule has 2 aromatic carbocycles. The number of amides is 1. The van der Waals surface area contributed by atoms with Crippen LogP contribution in [0.3, 0.4) is 0 Å². The van der Waals surface area contributed by atoms with Crippen molar-refractivity contribution >= 4 is 24.0 Å². The Labute approximate surface area is 166 Å². The van der Waals surface area contributed by atoms with Crippen LogP contribution in [0.4, 0.5) is 14.5 Å². The fourth-order valence-electron chi connectivity index (χ4n) is 3.35. The molecule has 9 heteroatoms. The Bertz CT molecular complexity index is 895. The van der Waals surface area contributed by atoms with Crippen LogP contribution in [0.5, 0.6) is 0 Å². The van der Waals surface area contributed by atoms with Gasteiger partial charge in [-0.25, -0.2) is 8.78 Å². The smallest absolute Gasteiger partial charge is 0.273 e. The maximum atomic E-state index is 13.6. The van der Waals surface area contributed by atoms with Crippen LogP contribution in [0.1, 0.15) is 33.8 Å². The standard InChI is InChI=1S/C19H19F2N3O3.ClH/c1-11-2-3-13(9-18(11)24(26)27)19(25)23-17-10-22-7-6-14(17)12-4-5-15(20)16(21)8-12;/h2-5,8-9,14,17,22H,6-7,10H2,1H3,(H,23,25);1H. The van der Waals surface area contributed by atoms with Gasteiger partial charge in [0.1, 0.15) is 0 Å². The van der Waals surface area contributed by atoms with Crippen molar-refractivity contribution in [1.29, 1.82) is 0 Å². The predicted octanol–water partition coefficient (Wildman–Crippen LogP) is 3.48. The lowest BCUT2D eigenvalue weighted by Crippen LogP contribution is -2.50. The van der Waals surface area contributed by atoms with Crippen LogP contribution in [0.2, 0.25) is 0 Å². The summed E-state index contributed by atoms with van der Waals surface area (Å²) in [6.45, 7) is 2.75. The summed E-state index contributed by atoms with van der Waals surface area (Å²) in [6.07, 6.45) is 0.643. The van der Waals surface area contributed by atoms with E-state index in [1.807, 2.05) is 0 Å². The molecule has 0 radical (unpaired) electrons. The molecule has 1 fully saturated rings. The Morgan fingerprint density at radius 3 is 2.64 bits per heavy atom. The molecule has 1 aliphatic rings. The van der Waals surface area contributed by atoms with Crippen molar-refractivity contribution < 1.29 is 18.5 Å². The number of nitrogens with zero attached hydrogens (tertiary/aromatic N) is 1. The first-order valence-electron chi connectivity index (χ1n) is 8.58. The number of carbonyl (C=O) groups excluding carboxylic acids is 1. The van der Waals surface area contributed by atoms with Crippen LogP contribution in [0, 0.1) is 28.7 Å². The molecule has 3 rings (SSSR count). The summed E-state index contributed by atoms with van der Waals surface area (Å²) < 4.78 is 26.8. The average molecular weight is 412 g/mol. The summed E-state index contributed by atoms with van der Waals surface area (Å²) in [4.78, 5) is 23.2. The second-order valence-corrected chi connectivity index (χ2v) is 6.61. The molecular weight excluding hydrogens is 392 g/mol. The van der Waals surface area contributed by atoms with Gasteiger partial charge in [0, 0.05) is 35.7 Å². The lowest BCUT2D eigenvalue weighted by atomic mass is 9.85. The van der Waals surface area contributed by atoms with Gasteiger partial charge < -0.3 is 10.6 Å². The van der Waals surface area contributed by atoms with E-state index in [0.717, 1.165) is 12.1 Å². The van der Waals surface area contributed by atoms with Gasteiger partial charge in [-0.3, -0.25) is 14.9 Å². The van der Waals surface area contributed by atoms with E-state index in [9.17, 15) is 23.7 Å². The molecule has 0 bridgehead atoms. The largest absolute Gasteiger partial charge is 0.347 e. The number of piperidine rings is 1. The molecule has 0 aliphatic carbocycles. The molecule has 1 aliphatic heterocycles. The molecule has 1 heterocycles. The molecule has 28 heavy (non-hydrogen) atoms. The molecule has 6 nitrogen and oxygen atoms in total. The Morgan fingerprint density at radius 2 is 1.96 bits per heavy atom. The van der Waals surface area contributed by atoms with E-state index in [4.69, 9.17) is 0 Å². The fraction of sp³-hybridized carbons (Fsp3) is 0.316. The van der Waals surface area contributed by atoms with Gasteiger partial charge in [-0.1, -0.05) is 12.1 Å². The highest BCUT2D eigenvalue weighted by Crippen LogP contribution is 2.27. The molecule has 1 amide bonds. The monoisotopic (exact) mass is 411 g/mol. The van der Waals surface area contributed by atoms with E-state index < -0.39 is 22.5 Å². The number of aryl methyl sites for hydroxylation is 1. The average Bonchev–Trinajstić information content (AvgIpc) is 2.64. The van der Waals surface area contributed by atoms with Gasteiger partial charge in [-0.05, 0) is 43.7 Å². The normalized spacial score (nSPS) is 18.8. The van der Waals surface area contributed by atoms with Crippen molar-refractivity contribution in [3.8, 4) is 0 Å². The van der Waals surface area contributed by atoms with Gasteiger partial charge in [-0.2, -0.15) is 0 Å². The lowest BCUT2D eigenvalue weighted by Gasteiger charge is -2.33. The molecule has 0 saturated carbocycles. The highest BCUT2D eigenvalue weighted by molar-refractivity contribution is 5.95.